The van der Waals surface area contributed by atoms with Gasteiger partial charge in [-0.1, -0.05) is 25.7 Å². The minimum absolute atomic E-state index is 0.117. The quantitative estimate of drug-likeness (QED) is 0.270. The van der Waals surface area contributed by atoms with Gasteiger partial charge < -0.3 is 9.64 Å². The molecule has 1 aromatic rings. The fourth-order valence-corrected chi connectivity index (χ4v) is 5.18. The third-order valence-electron chi connectivity index (χ3n) is 6.98. The Bertz CT molecular complexity index is 870. The molecule has 11 nitrogen and oxygen atoms in total. The summed E-state index contributed by atoms with van der Waals surface area (Å²) >= 11 is 0. The number of fused-ring (bicyclic) bond motifs is 1. The van der Waals surface area contributed by atoms with E-state index in [9.17, 15) is 14.8 Å². The molecule has 3 N–H and O–H groups in total. The van der Waals surface area contributed by atoms with E-state index in [-0.39, 0.29) is 30.6 Å². The number of piperazine rings is 1. The van der Waals surface area contributed by atoms with Gasteiger partial charge in [-0.05, 0) is 19.3 Å². The Kier molecular flexibility index (Phi) is 8.11. The summed E-state index contributed by atoms with van der Waals surface area (Å²) in [6, 6.07) is 0.184. The van der Waals surface area contributed by atoms with E-state index in [4.69, 9.17) is 4.74 Å². The van der Waals surface area contributed by atoms with Crippen molar-refractivity contribution in [1.29, 1.82) is 0 Å². The number of carbonyl (C=O) groups is 2. The number of hydrogen-bond acceptors (Lipinski definition) is 9. The number of aromatic nitrogens is 2. The standard InChI is InChI=1S/C22H34FN7O4/c1-15-24-20(19(23)21(25-15)29-7-6-28-8-9-34-13-18(28)12-29)26-27-22(32)17(11-30(33)14-31)10-16-4-2-3-5-16/h14,16-18,33H,2-13H2,1H3,(H,27,32)(H,24,25,26)/t17?,18-/m1/s1. The van der Waals surface area contributed by atoms with Gasteiger partial charge in [0.2, 0.25) is 18.1 Å². The molecule has 0 bridgehead atoms. The summed E-state index contributed by atoms with van der Waals surface area (Å²) in [5.74, 6) is -0.884. The van der Waals surface area contributed by atoms with Crippen LogP contribution in [0.1, 0.15) is 37.9 Å². The Hall–Kier alpha value is -2.57. The molecule has 1 saturated carbocycles. The van der Waals surface area contributed by atoms with Crippen LogP contribution >= 0.6 is 0 Å². The normalized spacial score (nSPS) is 22.2. The number of ether oxygens (including phenoxy) is 1. The molecule has 34 heavy (non-hydrogen) atoms. The molecule has 2 aliphatic heterocycles. The number of nitrogens with one attached hydrogen (secondary N) is 2. The Morgan fingerprint density at radius 3 is 2.88 bits per heavy atom. The first-order chi connectivity index (χ1) is 16.4. The minimum atomic E-state index is -0.639. The van der Waals surface area contributed by atoms with Gasteiger partial charge in [-0.25, -0.2) is 15.0 Å². The molecule has 2 amide bonds. The zero-order valence-electron chi connectivity index (χ0n) is 19.6. The number of amides is 2. The Morgan fingerprint density at radius 2 is 2.12 bits per heavy atom. The average molecular weight is 480 g/mol. The Balaban J connectivity index is 1.42. The molecule has 1 unspecified atom stereocenters. The van der Waals surface area contributed by atoms with Gasteiger partial charge in [-0.15, -0.1) is 0 Å². The van der Waals surface area contributed by atoms with Crippen molar-refractivity contribution in [3.8, 4) is 0 Å². The van der Waals surface area contributed by atoms with E-state index in [2.05, 4.69) is 25.7 Å². The molecule has 0 radical (unpaired) electrons. The van der Waals surface area contributed by atoms with Crippen molar-refractivity contribution in [2.75, 3.05) is 56.3 Å². The third kappa shape index (κ3) is 5.91. The van der Waals surface area contributed by atoms with E-state index >= 15 is 4.39 Å². The smallest absolute Gasteiger partial charge is 0.243 e. The van der Waals surface area contributed by atoms with Crippen molar-refractivity contribution in [1.82, 2.24) is 25.4 Å². The van der Waals surface area contributed by atoms with Crippen molar-refractivity contribution < 1.29 is 23.9 Å². The molecule has 188 valence electrons. The maximum absolute atomic E-state index is 15.4. The number of morpholine rings is 1. The van der Waals surface area contributed by atoms with Crippen LogP contribution in [0.15, 0.2) is 0 Å². The fourth-order valence-electron chi connectivity index (χ4n) is 5.18. The van der Waals surface area contributed by atoms with Gasteiger partial charge >= 0.3 is 0 Å². The Morgan fingerprint density at radius 1 is 1.32 bits per heavy atom. The minimum Gasteiger partial charge on any atom is -0.378 e. The molecule has 1 aromatic heterocycles. The molecule has 3 aliphatic rings. The zero-order valence-corrected chi connectivity index (χ0v) is 19.6. The first-order valence-electron chi connectivity index (χ1n) is 12.0. The zero-order chi connectivity index (χ0) is 24.1. The lowest BCUT2D eigenvalue weighted by molar-refractivity contribution is -0.154. The van der Waals surface area contributed by atoms with Crippen molar-refractivity contribution in [2.45, 2.75) is 45.1 Å². The first-order valence-corrected chi connectivity index (χ1v) is 12.0. The molecule has 12 heteroatoms. The van der Waals surface area contributed by atoms with Gasteiger partial charge in [0.1, 0.15) is 5.82 Å². The number of nitrogens with zero attached hydrogens (tertiary/aromatic N) is 5. The van der Waals surface area contributed by atoms with Crippen molar-refractivity contribution in [3.63, 3.8) is 0 Å². The summed E-state index contributed by atoms with van der Waals surface area (Å²) in [4.78, 5) is 36.5. The van der Waals surface area contributed by atoms with Crippen molar-refractivity contribution >= 4 is 24.0 Å². The monoisotopic (exact) mass is 479 g/mol. The van der Waals surface area contributed by atoms with Crippen LogP contribution in [0.4, 0.5) is 16.0 Å². The van der Waals surface area contributed by atoms with Crippen molar-refractivity contribution in [2.24, 2.45) is 11.8 Å². The maximum atomic E-state index is 15.4. The van der Waals surface area contributed by atoms with Gasteiger partial charge in [0.15, 0.2) is 11.6 Å². The van der Waals surface area contributed by atoms with Crippen molar-refractivity contribution in [3.05, 3.63) is 11.6 Å². The van der Waals surface area contributed by atoms with Crippen LogP contribution in [0.5, 0.6) is 0 Å². The predicted octanol–water partition coefficient (Wildman–Crippen LogP) is 0.932. The number of anilines is 2. The SMILES string of the molecule is Cc1nc(NNC(=O)C(CC2CCCC2)CN(O)C=O)c(F)c(N2CCN3CCOC[C@H]3C2)n1. The lowest BCUT2D eigenvalue weighted by atomic mass is 9.92. The van der Waals surface area contributed by atoms with E-state index in [0.717, 1.165) is 38.8 Å². The van der Waals surface area contributed by atoms with Gasteiger partial charge in [0, 0.05) is 26.2 Å². The van der Waals surface area contributed by atoms with Crippen LogP contribution in [-0.4, -0.2) is 89.4 Å². The van der Waals surface area contributed by atoms with Crippen LogP contribution in [0, 0.1) is 24.6 Å². The molecule has 0 aromatic carbocycles. The lowest BCUT2D eigenvalue weighted by Gasteiger charge is -2.44. The summed E-state index contributed by atoms with van der Waals surface area (Å²) in [5, 5.41) is 10.1. The number of hydrogen-bond donors (Lipinski definition) is 3. The fraction of sp³-hybridized carbons (Fsp3) is 0.727. The molecule has 0 spiro atoms. The number of aryl methyl sites for hydroxylation is 1. The molecular formula is C22H34FN7O4. The second-order valence-electron chi connectivity index (χ2n) is 9.39. The number of halogens is 1. The summed E-state index contributed by atoms with van der Waals surface area (Å²) in [7, 11) is 0. The van der Waals surface area contributed by atoms with E-state index < -0.39 is 17.6 Å². The second kappa shape index (κ2) is 11.2. The average Bonchev–Trinajstić information content (AvgIpc) is 3.36. The summed E-state index contributed by atoms with van der Waals surface area (Å²) in [6.07, 6.45) is 5.09. The topological polar surface area (TPSA) is 123 Å². The summed E-state index contributed by atoms with van der Waals surface area (Å²) in [5.41, 5.74) is 5.14. The summed E-state index contributed by atoms with van der Waals surface area (Å²) in [6.45, 7) is 5.78. The van der Waals surface area contributed by atoms with Gasteiger partial charge in [-0.3, -0.25) is 30.5 Å². The predicted molar refractivity (Wildman–Crippen MR) is 122 cm³/mol. The molecule has 4 rings (SSSR count). The molecule has 1 aliphatic carbocycles. The van der Waals surface area contributed by atoms with Crippen LogP contribution in [0.3, 0.4) is 0 Å². The molecule has 3 fully saturated rings. The highest BCUT2D eigenvalue weighted by Crippen LogP contribution is 2.31. The highest BCUT2D eigenvalue weighted by molar-refractivity contribution is 5.80. The van der Waals surface area contributed by atoms with Crippen LogP contribution in [0.2, 0.25) is 0 Å². The van der Waals surface area contributed by atoms with Gasteiger partial charge in [0.25, 0.3) is 0 Å². The molecule has 2 saturated heterocycles. The molecular weight excluding hydrogens is 445 g/mol. The molecule has 3 heterocycles. The first kappa shape index (κ1) is 24.6. The van der Waals surface area contributed by atoms with E-state index in [1.54, 1.807) is 6.92 Å². The highest BCUT2D eigenvalue weighted by atomic mass is 19.1. The number of rotatable bonds is 9. The van der Waals surface area contributed by atoms with E-state index in [1.807, 2.05) is 4.90 Å². The Labute approximate surface area is 198 Å². The summed E-state index contributed by atoms with van der Waals surface area (Å²) < 4.78 is 21.0. The maximum Gasteiger partial charge on any atom is 0.243 e. The molecule has 2 atom stereocenters. The number of hydrazine groups is 1. The van der Waals surface area contributed by atoms with Crippen LogP contribution in [0.25, 0.3) is 0 Å². The largest absolute Gasteiger partial charge is 0.378 e. The van der Waals surface area contributed by atoms with Gasteiger partial charge in [-0.2, -0.15) is 4.39 Å². The van der Waals surface area contributed by atoms with E-state index in [0.29, 0.717) is 49.5 Å². The highest BCUT2D eigenvalue weighted by Gasteiger charge is 2.32. The number of carbonyl (C=O) groups excluding carboxylic acids is 2. The van der Waals surface area contributed by atoms with E-state index in [1.165, 1.54) is 0 Å². The third-order valence-corrected chi connectivity index (χ3v) is 6.98. The second-order valence-corrected chi connectivity index (χ2v) is 9.39. The lowest BCUT2D eigenvalue weighted by Crippen LogP contribution is -2.58. The number of hydroxylamine groups is 2. The van der Waals surface area contributed by atoms with Gasteiger partial charge in [0.05, 0.1) is 31.7 Å². The van der Waals surface area contributed by atoms with Crippen LogP contribution < -0.4 is 15.8 Å². The van der Waals surface area contributed by atoms with Crippen LogP contribution in [-0.2, 0) is 14.3 Å².